The highest BCUT2D eigenvalue weighted by molar-refractivity contribution is 7.86. The second kappa shape index (κ2) is 8.78. The van der Waals surface area contributed by atoms with Crippen LogP contribution in [-0.2, 0) is 29.7 Å². The number of hydrogen-bond donors (Lipinski definition) is 1. The monoisotopic (exact) mass is 449 g/mol. The lowest BCUT2D eigenvalue weighted by atomic mass is 9.96. The molecule has 1 saturated heterocycles. The number of benzene rings is 1. The van der Waals surface area contributed by atoms with Gasteiger partial charge < -0.3 is 4.98 Å². The highest BCUT2D eigenvalue weighted by atomic mass is 32.2. The van der Waals surface area contributed by atoms with Gasteiger partial charge in [0.25, 0.3) is 15.8 Å². The van der Waals surface area contributed by atoms with Crippen LogP contribution < -0.4 is 5.56 Å². The first-order valence-electron chi connectivity index (χ1n) is 10.5. The van der Waals surface area contributed by atoms with Gasteiger partial charge in [0.05, 0.1) is 11.3 Å². The molecule has 2 aliphatic heterocycles. The minimum atomic E-state index is -3.58. The zero-order valence-electron chi connectivity index (χ0n) is 17.8. The van der Waals surface area contributed by atoms with E-state index in [1.54, 1.807) is 12.1 Å². The summed E-state index contributed by atoms with van der Waals surface area (Å²) < 4.78 is 41.3. The van der Waals surface area contributed by atoms with Gasteiger partial charge in [-0.15, -0.1) is 0 Å². The molecule has 1 fully saturated rings. The number of aromatic nitrogens is 2. The van der Waals surface area contributed by atoms with E-state index in [2.05, 4.69) is 9.88 Å². The lowest BCUT2D eigenvalue weighted by molar-refractivity contribution is 0.194. The van der Waals surface area contributed by atoms with E-state index in [-0.39, 0.29) is 23.8 Å². The van der Waals surface area contributed by atoms with Crippen LogP contribution in [0, 0.1) is 5.82 Å². The van der Waals surface area contributed by atoms with Crippen molar-refractivity contribution in [1.82, 2.24) is 23.5 Å². The van der Waals surface area contributed by atoms with Crippen molar-refractivity contribution in [3.63, 3.8) is 0 Å². The number of fused-ring (bicyclic) bond motifs is 1. The molecule has 2 aromatic rings. The highest BCUT2D eigenvalue weighted by Gasteiger charge is 2.32. The van der Waals surface area contributed by atoms with Gasteiger partial charge in [-0.2, -0.15) is 17.0 Å². The van der Waals surface area contributed by atoms with E-state index in [1.807, 2.05) is 6.07 Å². The van der Waals surface area contributed by atoms with Crippen LogP contribution >= 0.6 is 0 Å². The summed E-state index contributed by atoms with van der Waals surface area (Å²) in [4.78, 5) is 22.6. The van der Waals surface area contributed by atoms with Crippen LogP contribution in [0.15, 0.2) is 29.1 Å². The van der Waals surface area contributed by atoms with Crippen LogP contribution in [0.1, 0.15) is 41.4 Å². The molecule has 0 unspecified atom stereocenters. The van der Waals surface area contributed by atoms with Crippen LogP contribution in [0.3, 0.4) is 0 Å². The zero-order chi connectivity index (χ0) is 22.2. The smallest absolute Gasteiger partial charge is 0.281 e. The predicted octanol–water partition coefficient (Wildman–Crippen LogP) is 1.45. The minimum absolute atomic E-state index is 0.0303. The molecule has 0 amide bonds. The molecule has 0 radical (unpaired) electrons. The van der Waals surface area contributed by atoms with Crippen molar-refractivity contribution in [2.75, 3.05) is 33.7 Å². The second-order valence-electron chi connectivity index (χ2n) is 8.42. The Labute approximate surface area is 181 Å². The molecule has 2 aliphatic rings. The Balaban J connectivity index is 1.52. The molecular weight excluding hydrogens is 421 g/mol. The van der Waals surface area contributed by atoms with Gasteiger partial charge >= 0.3 is 0 Å². The Morgan fingerprint density at radius 2 is 2.03 bits per heavy atom. The maximum Gasteiger partial charge on any atom is 0.281 e. The van der Waals surface area contributed by atoms with Crippen LogP contribution in [0.5, 0.6) is 0 Å². The average Bonchev–Trinajstić information content (AvgIpc) is 2.75. The molecule has 31 heavy (non-hydrogen) atoms. The first-order chi connectivity index (χ1) is 14.8. The Hall–Kier alpha value is -2.14. The van der Waals surface area contributed by atoms with Crippen LogP contribution in [0.2, 0.25) is 0 Å². The van der Waals surface area contributed by atoms with Gasteiger partial charge in [0.2, 0.25) is 0 Å². The number of H-pyrrole nitrogens is 1. The van der Waals surface area contributed by atoms with Gasteiger partial charge in [0, 0.05) is 58.2 Å². The Morgan fingerprint density at radius 3 is 2.77 bits per heavy atom. The molecule has 1 aromatic heterocycles. The quantitative estimate of drug-likeness (QED) is 0.746. The summed E-state index contributed by atoms with van der Waals surface area (Å²) in [7, 11) is -0.624. The fourth-order valence-electron chi connectivity index (χ4n) is 4.33. The molecule has 0 aliphatic carbocycles. The molecule has 0 bridgehead atoms. The third kappa shape index (κ3) is 4.57. The highest BCUT2D eigenvalue weighted by Crippen LogP contribution is 2.27. The van der Waals surface area contributed by atoms with E-state index in [0.29, 0.717) is 48.7 Å². The van der Waals surface area contributed by atoms with E-state index in [9.17, 15) is 17.6 Å². The Bertz CT molecular complexity index is 1120. The lowest BCUT2D eigenvalue weighted by Gasteiger charge is -2.33. The molecule has 8 nitrogen and oxygen atoms in total. The van der Waals surface area contributed by atoms with Crippen molar-refractivity contribution in [1.29, 1.82) is 0 Å². The Morgan fingerprint density at radius 1 is 1.26 bits per heavy atom. The molecule has 168 valence electrons. The van der Waals surface area contributed by atoms with Gasteiger partial charge in [0.15, 0.2) is 0 Å². The SMILES string of the molecule is CN(C)S(=O)(=O)N1CCc2nc([C@H]3CCCN(Cc4ccccc4F)C3)[nH]c(=O)c2C1. The number of hydrogen-bond acceptors (Lipinski definition) is 5. The summed E-state index contributed by atoms with van der Waals surface area (Å²) in [5, 5.41) is 0. The fourth-order valence-corrected chi connectivity index (χ4v) is 5.41. The average molecular weight is 450 g/mol. The normalized spacial score (nSPS) is 20.7. The molecular formula is C21H28FN5O3S. The van der Waals surface area contributed by atoms with Crippen LogP contribution in [0.4, 0.5) is 4.39 Å². The molecule has 3 heterocycles. The van der Waals surface area contributed by atoms with Crippen LogP contribution in [0.25, 0.3) is 0 Å². The van der Waals surface area contributed by atoms with Crippen molar-refractivity contribution in [2.45, 2.75) is 38.3 Å². The van der Waals surface area contributed by atoms with Gasteiger partial charge in [-0.05, 0) is 25.5 Å². The molecule has 0 spiro atoms. The summed E-state index contributed by atoms with van der Waals surface area (Å²) in [5.41, 5.74) is 1.48. The standard InChI is InChI=1S/C21H28FN5O3S/c1-25(2)31(29,30)27-11-9-19-17(14-27)21(28)24-20(23-19)16-7-5-10-26(13-16)12-15-6-3-4-8-18(15)22/h3-4,6,8,16H,5,7,9-14H2,1-2H3,(H,23,24,28)/t16-/m0/s1. The summed E-state index contributed by atoms with van der Waals surface area (Å²) in [6.07, 6.45) is 2.25. The van der Waals surface area contributed by atoms with E-state index in [1.165, 1.54) is 24.5 Å². The predicted molar refractivity (Wildman–Crippen MR) is 115 cm³/mol. The maximum absolute atomic E-state index is 14.0. The first kappa shape index (κ1) is 22.1. The summed E-state index contributed by atoms with van der Waals surface area (Å²) in [6, 6.07) is 6.79. The van der Waals surface area contributed by atoms with Crippen molar-refractivity contribution in [3.8, 4) is 0 Å². The van der Waals surface area contributed by atoms with Crippen molar-refractivity contribution in [3.05, 3.63) is 63.1 Å². The fraction of sp³-hybridized carbons (Fsp3) is 0.524. The summed E-state index contributed by atoms with van der Waals surface area (Å²) in [6.45, 7) is 2.42. The Kier molecular flexibility index (Phi) is 6.25. The molecule has 10 heteroatoms. The number of piperidine rings is 1. The zero-order valence-corrected chi connectivity index (χ0v) is 18.7. The number of nitrogens with zero attached hydrogens (tertiary/aromatic N) is 4. The first-order valence-corrected chi connectivity index (χ1v) is 11.9. The second-order valence-corrected chi connectivity index (χ2v) is 10.6. The third-order valence-electron chi connectivity index (χ3n) is 6.08. The van der Waals surface area contributed by atoms with Crippen LogP contribution in [-0.4, -0.2) is 65.6 Å². The summed E-state index contributed by atoms with van der Waals surface area (Å²) >= 11 is 0. The van der Waals surface area contributed by atoms with Gasteiger partial charge in [-0.1, -0.05) is 18.2 Å². The number of nitrogens with one attached hydrogen (secondary N) is 1. The topological polar surface area (TPSA) is 89.6 Å². The molecule has 0 saturated carbocycles. The molecule has 1 N–H and O–H groups in total. The molecule has 1 aromatic carbocycles. The van der Waals surface area contributed by atoms with E-state index >= 15 is 0 Å². The number of halogens is 1. The van der Waals surface area contributed by atoms with Gasteiger partial charge in [-0.3, -0.25) is 9.69 Å². The van der Waals surface area contributed by atoms with Gasteiger partial charge in [-0.25, -0.2) is 9.37 Å². The lowest BCUT2D eigenvalue weighted by Crippen LogP contribution is -2.45. The number of aromatic amines is 1. The van der Waals surface area contributed by atoms with Crippen molar-refractivity contribution >= 4 is 10.2 Å². The van der Waals surface area contributed by atoms with E-state index < -0.39 is 10.2 Å². The van der Waals surface area contributed by atoms with Crippen molar-refractivity contribution < 1.29 is 12.8 Å². The largest absolute Gasteiger partial charge is 0.310 e. The number of rotatable bonds is 5. The maximum atomic E-state index is 14.0. The van der Waals surface area contributed by atoms with Gasteiger partial charge in [0.1, 0.15) is 11.6 Å². The van der Waals surface area contributed by atoms with Crippen molar-refractivity contribution in [2.24, 2.45) is 0 Å². The molecule has 1 atom stereocenters. The van der Waals surface area contributed by atoms with E-state index in [0.717, 1.165) is 23.7 Å². The summed E-state index contributed by atoms with van der Waals surface area (Å²) in [5.74, 6) is 0.495. The third-order valence-corrected chi connectivity index (χ3v) is 7.97. The number of likely N-dealkylation sites (tertiary alicyclic amines) is 1. The molecule has 4 rings (SSSR count). The minimum Gasteiger partial charge on any atom is -0.310 e. The van der Waals surface area contributed by atoms with E-state index in [4.69, 9.17) is 4.98 Å².